The van der Waals surface area contributed by atoms with Crippen molar-refractivity contribution in [1.29, 1.82) is 0 Å². The second-order valence-electron chi connectivity index (χ2n) is 15.1. The molecule has 8 rings (SSSR count). The summed E-state index contributed by atoms with van der Waals surface area (Å²) in [4.78, 5) is 5.46. The molecule has 56 heavy (non-hydrogen) atoms. The molecule has 0 aromatic heterocycles. The summed E-state index contributed by atoms with van der Waals surface area (Å²) in [5, 5.41) is 2.22. The predicted molar refractivity (Wildman–Crippen MR) is 225 cm³/mol. The fourth-order valence-corrected chi connectivity index (χ4v) is 8.59. The van der Waals surface area contributed by atoms with E-state index in [0.29, 0.717) is 50.0 Å². The van der Waals surface area contributed by atoms with E-state index in [-0.39, 0.29) is 12.2 Å². The Hall–Kier alpha value is -4.98. The van der Waals surface area contributed by atoms with Crippen LogP contribution in [0.2, 0.25) is 0 Å². The molecule has 0 amide bonds. The van der Waals surface area contributed by atoms with E-state index < -0.39 is 0 Å². The van der Waals surface area contributed by atoms with Crippen LogP contribution in [0.1, 0.15) is 60.1 Å². The average molecular weight is 747 g/mol. The largest absolute Gasteiger partial charge is 0.487 e. The molecule has 0 saturated heterocycles. The molecule has 1 aliphatic carbocycles. The van der Waals surface area contributed by atoms with Crippen molar-refractivity contribution < 1.29 is 18.9 Å². The molecule has 0 spiro atoms. The lowest BCUT2D eigenvalue weighted by atomic mass is 9.86. The van der Waals surface area contributed by atoms with E-state index >= 15 is 0 Å². The van der Waals surface area contributed by atoms with Gasteiger partial charge in [-0.25, -0.2) is 0 Å². The summed E-state index contributed by atoms with van der Waals surface area (Å²) in [7, 11) is 0. The number of ether oxygens (including phenoxy) is 4. The lowest BCUT2D eigenvalue weighted by Gasteiger charge is -2.47. The highest BCUT2D eigenvalue weighted by Gasteiger charge is 2.37. The number of nitrogens with zero attached hydrogens (tertiary/aromatic N) is 2. The maximum absolute atomic E-state index is 6.88. The van der Waals surface area contributed by atoms with Crippen LogP contribution in [0.15, 0.2) is 158 Å². The van der Waals surface area contributed by atoms with Crippen LogP contribution in [0.4, 0.5) is 0 Å². The Bertz CT molecular complexity index is 1910. The van der Waals surface area contributed by atoms with Gasteiger partial charge in [0, 0.05) is 38.3 Å². The minimum Gasteiger partial charge on any atom is -0.487 e. The molecule has 6 aromatic carbocycles. The van der Waals surface area contributed by atoms with Crippen LogP contribution in [0, 0.1) is 0 Å². The molecule has 1 fully saturated rings. The zero-order valence-electron chi connectivity index (χ0n) is 32.3. The highest BCUT2D eigenvalue weighted by Crippen LogP contribution is 2.35. The third-order valence-corrected chi connectivity index (χ3v) is 11.4. The predicted octanol–water partition coefficient (Wildman–Crippen LogP) is 10.4. The van der Waals surface area contributed by atoms with Crippen LogP contribution in [0.5, 0.6) is 11.5 Å². The van der Waals surface area contributed by atoms with Crippen LogP contribution in [-0.2, 0) is 22.6 Å². The molecule has 6 heteroatoms. The van der Waals surface area contributed by atoms with Gasteiger partial charge in [-0.15, -0.1) is 0 Å². The molecule has 1 heterocycles. The van der Waals surface area contributed by atoms with Crippen molar-refractivity contribution in [2.24, 2.45) is 0 Å². The maximum atomic E-state index is 6.88. The molecule has 0 N–H and O–H groups in total. The summed E-state index contributed by atoms with van der Waals surface area (Å²) in [6, 6.07) is 56.5. The first-order valence-electron chi connectivity index (χ1n) is 20.4. The molecule has 1 aliphatic heterocycles. The first-order valence-corrected chi connectivity index (χ1v) is 20.4. The summed E-state index contributed by atoms with van der Waals surface area (Å²) in [6.07, 6.45) is 4.40. The fraction of sp³-hybridized carbons (Fsp3) is 0.320. The summed E-state index contributed by atoms with van der Waals surface area (Å²) in [5.74, 6) is 1.43. The molecular weight excluding hydrogens is 693 g/mol. The molecule has 0 radical (unpaired) electrons. The normalized spacial score (nSPS) is 22.1. The van der Waals surface area contributed by atoms with Crippen molar-refractivity contribution in [3.05, 3.63) is 180 Å². The summed E-state index contributed by atoms with van der Waals surface area (Å²) in [6.45, 7) is 4.93. The van der Waals surface area contributed by atoms with Gasteiger partial charge >= 0.3 is 0 Å². The van der Waals surface area contributed by atoms with Crippen molar-refractivity contribution in [2.45, 2.75) is 63.1 Å². The second-order valence-corrected chi connectivity index (χ2v) is 15.1. The molecule has 6 aromatic rings. The van der Waals surface area contributed by atoms with Crippen LogP contribution < -0.4 is 9.47 Å². The van der Waals surface area contributed by atoms with Gasteiger partial charge in [-0.3, -0.25) is 9.80 Å². The van der Waals surface area contributed by atoms with Gasteiger partial charge in [-0.2, -0.15) is 0 Å². The molecule has 0 bridgehead atoms. The zero-order chi connectivity index (χ0) is 37.8. The van der Waals surface area contributed by atoms with E-state index in [2.05, 4.69) is 168 Å². The molecule has 288 valence electrons. The monoisotopic (exact) mass is 746 g/mol. The van der Waals surface area contributed by atoms with Crippen molar-refractivity contribution >= 4 is 10.8 Å². The van der Waals surface area contributed by atoms with E-state index in [4.69, 9.17) is 18.9 Å². The van der Waals surface area contributed by atoms with Crippen LogP contribution >= 0.6 is 0 Å². The number of benzene rings is 6. The maximum Gasteiger partial charge on any atom is 0.161 e. The van der Waals surface area contributed by atoms with E-state index in [1.54, 1.807) is 0 Å². The van der Waals surface area contributed by atoms with Gasteiger partial charge < -0.3 is 18.9 Å². The van der Waals surface area contributed by atoms with Gasteiger partial charge in [0.25, 0.3) is 0 Å². The number of rotatable bonds is 6. The van der Waals surface area contributed by atoms with Gasteiger partial charge in [-0.1, -0.05) is 158 Å². The summed E-state index contributed by atoms with van der Waals surface area (Å²) in [5.41, 5.74) is 5.00. The molecule has 6 nitrogen and oxygen atoms in total. The van der Waals surface area contributed by atoms with Crippen molar-refractivity contribution in [2.75, 3.05) is 39.5 Å². The quantitative estimate of drug-likeness (QED) is 0.169. The Balaban J connectivity index is 1.19. The van der Waals surface area contributed by atoms with E-state index in [9.17, 15) is 0 Å². The third-order valence-electron chi connectivity index (χ3n) is 11.4. The molecule has 1 saturated carbocycles. The topological polar surface area (TPSA) is 43.4 Å². The Labute approximate surface area is 332 Å². The van der Waals surface area contributed by atoms with Crippen molar-refractivity contribution in [1.82, 2.24) is 9.80 Å². The van der Waals surface area contributed by atoms with Gasteiger partial charge in [0.05, 0.1) is 25.4 Å². The van der Waals surface area contributed by atoms with Gasteiger partial charge in [-0.05, 0) is 58.0 Å². The minimum absolute atomic E-state index is 0.139. The second kappa shape index (κ2) is 19.2. The SMILES string of the molecule is c1ccc(CN2C[C@@H](c3ccccc3)OCCOc3cc4ccccc4cc3OCCO[C@H](c3ccccc3)CN(Cc3ccccc3)[C@@H]3CCCC[C@H]32)cc1. The lowest BCUT2D eigenvalue weighted by molar-refractivity contribution is -0.0435. The van der Waals surface area contributed by atoms with Crippen molar-refractivity contribution in [3.63, 3.8) is 0 Å². The molecule has 2 aliphatic rings. The molecule has 4 atom stereocenters. The van der Waals surface area contributed by atoms with Gasteiger partial charge in [0.1, 0.15) is 13.2 Å². The highest BCUT2D eigenvalue weighted by atomic mass is 16.6. The molecule has 0 unspecified atom stereocenters. The standard InChI is InChI=1S/C50H54N2O4/c1-5-17-39(18-6-1)35-51-37-49(41-21-9-3-10-22-41)55-31-29-53-47-33-43-25-13-14-26-44(43)34-48(47)54-30-32-56-50(42-23-11-4-12-24-42)38-52(36-40-19-7-2-8-20-40)46-28-16-15-27-45(46)51/h1-14,17-26,33-34,45-46,49-50H,15-16,27-32,35-38H2/t45-,46-,49+,50+/m1/s1. The van der Waals surface area contributed by atoms with Crippen LogP contribution in [0.25, 0.3) is 10.8 Å². The third kappa shape index (κ3) is 9.87. The number of hydrogen-bond donors (Lipinski definition) is 0. The zero-order valence-corrected chi connectivity index (χ0v) is 32.3. The first-order chi connectivity index (χ1) is 27.8. The van der Waals surface area contributed by atoms with E-state index in [0.717, 1.165) is 49.8 Å². The van der Waals surface area contributed by atoms with Crippen LogP contribution in [0.3, 0.4) is 0 Å². The number of hydrogen-bond acceptors (Lipinski definition) is 6. The smallest absolute Gasteiger partial charge is 0.161 e. The molecular formula is C50H54N2O4. The Kier molecular flexibility index (Phi) is 13.0. The minimum atomic E-state index is -0.139. The fourth-order valence-electron chi connectivity index (χ4n) is 8.59. The Morgan fingerprint density at radius 1 is 0.429 bits per heavy atom. The highest BCUT2D eigenvalue weighted by molar-refractivity contribution is 5.86. The first kappa shape index (κ1) is 37.9. The Morgan fingerprint density at radius 3 is 1.21 bits per heavy atom. The Morgan fingerprint density at radius 2 is 0.804 bits per heavy atom. The number of fused-ring (bicyclic) bond motifs is 3. The van der Waals surface area contributed by atoms with Gasteiger partial charge in [0.2, 0.25) is 0 Å². The van der Waals surface area contributed by atoms with Gasteiger partial charge in [0.15, 0.2) is 11.5 Å². The van der Waals surface area contributed by atoms with E-state index in [1.165, 1.54) is 35.1 Å². The lowest BCUT2D eigenvalue weighted by Crippen LogP contribution is -2.54. The van der Waals surface area contributed by atoms with Crippen molar-refractivity contribution in [3.8, 4) is 11.5 Å². The summed E-state index contributed by atoms with van der Waals surface area (Å²) >= 11 is 0. The van der Waals surface area contributed by atoms with E-state index in [1.807, 2.05) is 0 Å². The summed E-state index contributed by atoms with van der Waals surface area (Å²) < 4.78 is 26.7. The average Bonchev–Trinajstić information content (AvgIpc) is 3.26. The van der Waals surface area contributed by atoms with Crippen LogP contribution in [-0.4, -0.2) is 61.4 Å².